The van der Waals surface area contributed by atoms with Crippen LogP contribution in [0.5, 0.6) is 5.75 Å². The number of phenolic OH excluding ortho intramolecular Hbond substituents is 1. The van der Waals surface area contributed by atoms with Gasteiger partial charge in [0.2, 0.25) is 5.91 Å². The van der Waals surface area contributed by atoms with Crippen LogP contribution in [0.4, 0.5) is 0 Å². The first-order valence-electron chi connectivity index (χ1n) is 5.25. The van der Waals surface area contributed by atoms with E-state index >= 15 is 0 Å². The molecule has 0 aliphatic heterocycles. The first-order valence-corrected chi connectivity index (χ1v) is 5.25. The van der Waals surface area contributed by atoms with Crippen molar-refractivity contribution in [1.82, 2.24) is 10.2 Å². The quantitative estimate of drug-likeness (QED) is 0.794. The van der Waals surface area contributed by atoms with Gasteiger partial charge in [-0.05, 0) is 36.4 Å². The highest BCUT2D eigenvalue weighted by Gasteiger charge is 2.03. The summed E-state index contributed by atoms with van der Waals surface area (Å²) in [6.07, 6.45) is 4.23. The highest BCUT2D eigenvalue weighted by Crippen LogP contribution is 2.25. The molecule has 0 aliphatic rings. The minimum Gasteiger partial charge on any atom is -0.507 e. The molecule has 0 unspecified atom stereocenters. The van der Waals surface area contributed by atoms with Gasteiger partial charge in [-0.3, -0.25) is 4.79 Å². The van der Waals surface area contributed by atoms with Crippen molar-refractivity contribution in [3.63, 3.8) is 0 Å². The van der Waals surface area contributed by atoms with Crippen LogP contribution in [0.1, 0.15) is 5.56 Å². The number of amides is 1. The number of rotatable bonds is 3. The van der Waals surface area contributed by atoms with Gasteiger partial charge in [0, 0.05) is 23.4 Å². The predicted molar refractivity (Wildman–Crippen MR) is 67.4 cm³/mol. The molecule has 3 N–H and O–H groups in total. The number of aromatic hydroxyl groups is 1. The lowest BCUT2D eigenvalue weighted by Crippen LogP contribution is -2.05. The molecule has 0 aliphatic carbocycles. The Balaban J connectivity index is 2.41. The number of aromatic nitrogens is 2. The van der Waals surface area contributed by atoms with Crippen LogP contribution in [0.2, 0.25) is 0 Å². The van der Waals surface area contributed by atoms with Crippen molar-refractivity contribution in [2.24, 2.45) is 5.73 Å². The Kier molecular flexibility index (Phi) is 3.33. The molecule has 5 heteroatoms. The number of benzene rings is 1. The van der Waals surface area contributed by atoms with Gasteiger partial charge in [0.15, 0.2) is 0 Å². The van der Waals surface area contributed by atoms with Gasteiger partial charge in [0.05, 0.1) is 5.69 Å². The zero-order valence-electron chi connectivity index (χ0n) is 9.45. The van der Waals surface area contributed by atoms with Crippen LogP contribution < -0.4 is 5.73 Å². The fourth-order valence-corrected chi connectivity index (χ4v) is 1.47. The first-order chi connectivity index (χ1) is 8.66. The molecule has 2 rings (SSSR count). The van der Waals surface area contributed by atoms with Gasteiger partial charge in [-0.1, -0.05) is 0 Å². The molecule has 1 heterocycles. The van der Waals surface area contributed by atoms with Crippen molar-refractivity contribution in [3.05, 3.63) is 48.2 Å². The fourth-order valence-electron chi connectivity index (χ4n) is 1.47. The zero-order valence-corrected chi connectivity index (χ0v) is 9.45. The zero-order chi connectivity index (χ0) is 13.0. The number of carbonyl (C=O) groups excluding carboxylic acids is 1. The maximum Gasteiger partial charge on any atom is 0.241 e. The highest BCUT2D eigenvalue weighted by molar-refractivity contribution is 5.91. The summed E-state index contributed by atoms with van der Waals surface area (Å²) >= 11 is 0. The third-order valence-corrected chi connectivity index (χ3v) is 2.32. The molecule has 0 spiro atoms. The summed E-state index contributed by atoms with van der Waals surface area (Å²) in [7, 11) is 0. The Morgan fingerprint density at radius 2 is 2.17 bits per heavy atom. The third kappa shape index (κ3) is 2.70. The third-order valence-electron chi connectivity index (χ3n) is 2.32. The van der Waals surface area contributed by atoms with E-state index in [1.165, 1.54) is 18.2 Å². The molecule has 0 saturated carbocycles. The van der Waals surface area contributed by atoms with Gasteiger partial charge in [0.25, 0.3) is 0 Å². The Bertz CT molecular complexity index is 594. The molecule has 1 aromatic carbocycles. The van der Waals surface area contributed by atoms with E-state index in [9.17, 15) is 9.90 Å². The molecule has 18 heavy (non-hydrogen) atoms. The van der Waals surface area contributed by atoms with Gasteiger partial charge in [-0.2, -0.15) is 10.2 Å². The van der Waals surface area contributed by atoms with Crippen LogP contribution in [-0.4, -0.2) is 21.2 Å². The maximum absolute atomic E-state index is 10.7. The van der Waals surface area contributed by atoms with E-state index < -0.39 is 5.91 Å². The summed E-state index contributed by atoms with van der Waals surface area (Å²) < 4.78 is 0. The summed E-state index contributed by atoms with van der Waals surface area (Å²) in [4.78, 5) is 10.7. The molecule has 0 bridgehead atoms. The molecule has 0 radical (unpaired) electrons. The minimum atomic E-state index is -0.570. The second kappa shape index (κ2) is 5.09. The van der Waals surface area contributed by atoms with Crippen molar-refractivity contribution < 1.29 is 9.90 Å². The van der Waals surface area contributed by atoms with E-state index in [4.69, 9.17) is 5.73 Å². The maximum atomic E-state index is 10.7. The van der Waals surface area contributed by atoms with Crippen molar-refractivity contribution >= 4 is 12.0 Å². The lowest BCUT2D eigenvalue weighted by molar-refractivity contribution is -0.113. The van der Waals surface area contributed by atoms with Gasteiger partial charge in [-0.15, -0.1) is 0 Å². The number of nitrogens with zero attached hydrogens (tertiary/aromatic N) is 2. The van der Waals surface area contributed by atoms with Crippen molar-refractivity contribution in [2.75, 3.05) is 0 Å². The molecule has 0 fully saturated rings. The SMILES string of the molecule is NC(=O)/C=C/c1cc(-c2cccnn2)ccc1O. The average Bonchev–Trinajstić information content (AvgIpc) is 2.38. The highest BCUT2D eigenvalue weighted by atomic mass is 16.3. The first kappa shape index (κ1) is 11.8. The van der Waals surface area contributed by atoms with Crippen molar-refractivity contribution in [1.29, 1.82) is 0 Å². The molecular formula is C13H11N3O2. The molecule has 0 atom stereocenters. The molecule has 90 valence electrons. The normalized spacial score (nSPS) is 10.7. The Morgan fingerprint density at radius 3 is 2.83 bits per heavy atom. The predicted octanol–water partition coefficient (Wildman–Crippen LogP) is 1.35. The van der Waals surface area contributed by atoms with E-state index in [0.717, 1.165) is 5.56 Å². The van der Waals surface area contributed by atoms with E-state index in [1.807, 2.05) is 0 Å². The van der Waals surface area contributed by atoms with Crippen molar-refractivity contribution in [3.8, 4) is 17.0 Å². The second-order valence-corrected chi connectivity index (χ2v) is 3.62. The van der Waals surface area contributed by atoms with E-state index in [-0.39, 0.29) is 5.75 Å². The smallest absolute Gasteiger partial charge is 0.241 e. The van der Waals surface area contributed by atoms with Crippen LogP contribution in [0.15, 0.2) is 42.6 Å². The van der Waals surface area contributed by atoms with Crippen LogP contribution in [-0.2, 0) is 4.79 Å². The van der Waals surface area contributed by atoms with Gasteiger partial charge < -0.3 is 10.8 Å². The average molecular weight is 241 g/mol. The van der Waals surface area contributed by atoms with Crippen LogP contribution in [0, 0.1) is 0 Å². The molecule has 1 aromatic heterocycles. The van der Waals surface area contributed by atoms with E-state index in [1.54, 1.807) is 30.5 Å². The number of hydrogen-bond donors (Lipinski definition) is 2. The molecule has 0 saturated heterocycles. The number of carbonyl (C=O) groups is 1. The summed E-state index contributed by atoms with van der Waals surface area (Å²) in [5.41, 5.74) is 6.99. The minimum absolute atomic E-state index is 0.0696. The van der Waals surface area contributed by atoms with Crippen LogP contribution in [0.25, 0.3) is 17.3 Å². The molecule has 1 amide bonds. The van der Waals surface area contributed by atoms with Gasteiger partial charge >= 0.3 is 0 Å². The lowest BCUT2D eigenvalue weighted by Gasteiger charge is -2.03. The number of hydrogen-bond acceptors (Lipinski definition) is 4. The summed E-state index contributed by atoms with van der Waals surface area (Å²) in [5, 5.41) is 17.4. The molecule has 5 nitrogen and oxygen atoms in total. The number of primary amides is 1. The van der Waals surface area contributed by atoms with Crippen LogP contribution in [0.3, 0.4) is 0 Å². The topological polar surface area (TPSA) is 89.1 Å². The van der Waals surface area contributed by atoms with Gasteiger partial charge in [-0.25, -0.2) is 0 Å². The van der Waals surface area contributed by atoms with Gasteiger partial charge in [0.1, 0.15) is 5.75 Å². The largest absolute Gasteiger partial charge is 0.507 e. The van der Waals surface area contributed by atoms with E-state index in [0.29, 0.717) is 11.3 Å². The summed E-state index contributed by atoms with van der Waals surface area (Å²) in [6, 6.07) is 8.54. The Labute approximate surface area is 104 Å². The Hall–Kier alpha value is -2.69. The van der Waals surface area contributed by atoms with E-state index in [2.05, 4.69) is 10.2 Å². The molecule has 2 aromatic rings. The monoisotopic (exact) mass is 241 g/mol. The molecular weight excluding hydrogens is 230 g/mol. The lowest BCUT2D eigenvalue weighted by atomic mass is 10.1. The summed E-state index contributed by atoms with van der Waals surface area (Å²) in [5.74, 6) is -0.501. The summed E-state index contributed by atoms with van der Waals surface area (Å²) in [6.45, 7) is 0. The fraction of sp³-hybridized carbons (Fsp3) is 0. The standard InChI is InChI=1S/C13H11N3O2/c14-13(18)6-4-10-8-9(3-5-12(10)17)11-2-1-7-15-16-11/h1-8,17H,(H2,14,18)/b6-4+. The Morgan fingerprint density at radius 1 is 1.33 bits per heavy atom. The van der Waals surface area contributed by atoms with Crippen LogP contribution >= 0.6 is 0 Å². The number of phenols is 1. The second-order valence-electron chi connectivity index (χ2n) is 3.62. The van der Waals surface area contributed by atoms with Crippen molar-refractivity contribution in [2.45, 2.75) is 0 Å². The number of nitrogens with two attached hydrogens (primary N) is 1.